The van der Waals surface area contributed by atoms with Crippen molar-refractivity contribution in [3.05, 3.63) is 18.5 Å². The van der Waals surface area contributed by atoms with Crippen LogP contribution in [0.1, 0.15) is 0 Å². The van der Waals surface area contributed by atoms with Crippen LogP contribution in [0.15, 0.2) is 18.5 Å². The summed E-state index contributed by atoms with van der Waals surface area (Å²) in [6.07, 6.45) is 3.68. The Kier molecular flexibility index (Phi) is 5.50. The monoisotopic (exact) mass is 291 g/mol. The van der Waals surface area contributed by atoms with Crippen LogP contribution in [-0.4, -0.2) is 38.3 Å². The molecule has 3 heterocycles. The first-order valence-corrected chi connectivity index (χ1v) is 5.81. The molecule has 2 aliphatic rings. The van der Waals surface area contributed by atoms with Gasteiger partial charge in [-0.3, -0.25) is 4.98 Å². The Labute approximate surface area is 120 Å². The number of aromatic nitrogens is 1. The van der Waals surface area contributed by atoms with Crippen molar-refractivity contribution < 1.29 is 4.74 Å². The van der Waals surface area contributed by atoms with Crippen molar-refractivity contribution in [1.82, 2.24) is 10.3 Å². The number of halogens is 2. The lowest BCUT2D eigenvalue weighted by atomic mass is 10.0. The third kappa shape index (κ3) is 2.82. The summed E-state index contributed by atoms with van der Waals surface area (Å²) >= 11 is 0. The van der Waals surface area contributed by atoms with Crippen molar-refractivity contribution in [2.75, 3.05) is 38.2 Å². The van der Waals surface area contributed by atoms with E-state index < -0.39 is 0 Å². The third-order valence-electron chi connectivity index (χ3n) is 3.69. The smallest absolute Gasteiger partial charge is 0.139 e. The van der Waals surface area contributed by atoms with Crippen molar-refractivity contribution >= 4 is 30.5 Å². The maximum atomic E-state index is 5.21. The number of anilines is 1. The lowest BCUT2D eigenvalue weighted by Crippen LogP contribution is -2.25. The number of nitrogens with zero attached hydrogens (tertiary/aromatic N) is 2. The van der Waals surface area contributed by atoms with Crippen molar-refractivity contribution in [1.29, 1.82) is 0 Å². The van der Waals surface area contributed by atoms with E-state index in [9.17, 15) is 0 Å². The number of rotatable bonds is 2. The SMILES string of the molecule is COc1cncc(N2CC3CNCC3C2)c1.Cl.Cl. The molecule has 2 fully saturated rings. The van der Waals surface area contributed by atoms with E-state index in [1.165, 1.54) is 18.8 Å². The van der Waals surface area contributed by atoms with Crippen LogP contribution in [0.3, 0.4) is 0 Å². The number of nitrogens with one attached hydrogen (secondary N) is 1. The van der Waals surface area contributed by atoms with Crippen LogP contribution in [0.2, 0.25) is 0 Å². The zero-order valence-corrected chi connectivity index (χ0v) is 12.0. The Morgan fingerprint density at radius 2 is 1.89 bits per heavy atom. The molecule has 2 unspecified atom stereocenters. The van der Waals surface area contributed by atoms with Crippen molar-refractivity contribution in [3.63, 3.8) is 0 Å². The van der Waals surface area contributed by atoms with Gasteiger partial charge in [0.2, 0.25) is 0 Å². The Morgan fingerprint density at radius 1 is 1.22 bits per heavy atom. The third-order valence-corrected chi connectivity index (χ3v) is 3.69. The Hall–Kier alpha value is -0.710. The molecule has 102 valence electrons. The molecule has 2 aliphatic heterocycles. The van der Waals surface area contributed by atoms with Gasteiger partial charge in [-0.25, -0.2) is 0 Å². The number of hydrogen-bond donors (Lipinski definition) is 1. The zero-order valence-electron chi connectivity index (χ0n) is 10.3. The van der Waals surface area contributed by atoms with Gasteiger partial charge in [-0.05, 0) is 11.8 Å². The lowest BCUT2D eigenvalue weighted by molar-refractivity contribution is 0.413. The average Bonchev–Trinajstić information content (AvgIpc) is 2.89. The van der Waals surface area contributed by atoms with Gasteiger partial charge in [0.1, 0.15) is 5.75 Å². The van der Waals surface area contributed by atoms with Crippen LogP contribution in [0.4, 0.5) is 5.69 Å². The second kappa shape index (κ2) is 6.45. The average molecular weight is 292 g/mol. The van der Waals surface area contributed by atoms with Crippen LogP contribution in [-0.2, 0) is 0 Å². The second-order valence-electron chi connectivity index (χ2n) is 4.67. The van der Waals surface area contributed by atoms with Gasteiger partial charge in [0, 0.05) is 32.2 Å². The molecule has 6 heteroatoms. The van der Waals surface area contributed by atoms with Gasteiger partial charge in [-0.1, -0.05) is 0 Å². The van der Waals surface area contributed by atoms with Gasteiger partial charge < -0.3 is 15.0 Å². The van der Waals surface area contributed by atoms with Crippen molar-refractivity contribution in [2.24, 2.45) is 11.8 Å². The highest BCUT2D eigenvalue weighted by Crippen LogP contribution is 2.31. The molecule has 18 heavy (non-hydrogen) atoms. The lowest BCUT2D eigenvalue weighted by Gasteiger charge is -2.19. The zero-order chi connectivity index (χ0) is 11.0. The Balaban J connectivity index is 0.000000810. The molecule has 0 spiro atoms. The molecule has 0 aromatic carbocycles. The molecule has 1 aromatic rings. The molecule has 0 bridgehead atoms. The summed E-state index contributed by atoms with van der Waals surface area (Å²) in [7, 11) is 1.68. The summed E-state index contributed by atoms with van der Waals surface area (Å²) < 4.78 is 5.21. The van der Waals surface area contributed by atoms with Crippen LogP contribution in [0, 0.1) is 11.8 Å². The van der Waals surface area contributed by atoms with E-state index in [1.807, 2.05) is 6.20 Å². The molecule has 2 saturated heterocycles. The van der Waals surface area contributed by atoms with Crippen molar-refractivity contribution in [3.8, 4) is 5.75 Å². The van der Waals surface area contributed by atoms with Crippen molar-refractivity contribution in [2.45, 2.75) is 0 Å². The maximum Gasteiger partial charge on any atom is 0.139 e. The fourth-order valence-electron chi connectivity index (χ4n) is 2.76. The highest BCUT2D eigenvalue weighted by Gasteiger charge is 2.36. The first-order valence-electron chi connectivity index (χ1n) is 5.81. The van der Waals surface area contributed by atoms with Gasteiger partial charge in [0.05, 0.1) is 25.2 Å². The van der Waals surface area contributed by atoms with Crippen LogP contribution in [0.5, 0.6) is 5.75 Å². The summed E-state index contributed by atoms with van der Waals surface area (Å²) in [6, 6.07) is 2.07. The molecule has 0 amide bonds. The van der Waals surface area contributed by atoms with Crippen LogP contribution >= 0.6 is 24.8 Å². The van der Waals surface area contributed by atoms with E-state index in [-0.39, 0.29) is 24.8 Å². The summed E-state index contributed by atoms with van der Waals surface area (Å²) in [6.45, 7) is 4.62. The predicted molar refractivity (Wildman–Crippen MR) is 77.3 cm³/mol. The minimum absolute atomic E-state index is 0. The second-order valence-corrected chi connectivity index (χ2v) is 4.67. The van der Waals surface area contributed by atoms with E-state index in [0.29, 0.717) is 0 Å². The molecule has 4 nitrogen and oxygen atoms in total. The first-order chi connectivity index (χ1) is 7.86. The molecular weight excluding hydrogens is 273 g/mol. The molecule has 0 radical (unpaired) electrons. The number of pyridine rings is 1. The van der Waals surface area contributed by atoms with E-state index in [4.69, 9.17) is 4.74 Å². The number of methoxy groups -OCH3 is 1. The highest BCUT2D eigenvalue weighted by atomic mass is 35.5. The quantitative estimate of drug-likeness (QED) is 0.898. The van der Waals surface area contributed by atoms with E-state index >= 15 is 0 Å². The molecule has 0 saturated carbocycles. The number of ether oxygens (including phenoxy) is 1. The Bertz CT molecular complexity index is 379. The van der Waals surface area contributed by atoms with Gasteiger partial charge >= 0.3 is 0 Å². The fourth-order valence-corrected chi connectivity index (χ4v) is 2.76. The summed E-state index contributed by atoms with van der Waals surface area (Å²) in [5, 5.41) is 3.45. The van der Waals surface area contributed by atoms with Crippen LogP contribution < -0.4 is 15.0 Å². The normalized spacial score (nSPS) is 25.1. The topological polar surface area (TPSA) is 37.4 Å². The molecule has 0 aliphatic carbocycles. The minimum Gasteiger partial charge on any atom is -0.495 e. The molecule has 1 aromatic heterocycles. The van der Waals surface area contributed by atoms with Gasteiger partial charge in [0.15, 0.2) is 0 Å². The van der Waals surface area contributed by atoms with Gasteiger partial charge in [-0.2, -0.15) is 0 Å². The predicted octanol–water partition coefficient (Wildman–Crippen LogP) is 1.59. The fraction of sp³-hybridized carbons (Fsp3) is 0.583. The Morgan fingerprint density at radius 3 is 2.50 bits per heavy atom. The molecule has 3 rings (SSSR count). The number of fused-ring (bicyclic) bond motifs is 1. The van der Waals surface area contributed by atoms with Gasteiger partial charge in [0.25, 0.3) is 0 Å². The van der Waals surface area contributed by atoms with Gasteiger partial charge in [-0.15, -0.1) is 24.8 Å². The summed E-state index contributed by atoms with van der Waals surface area (Å²) in [4.78, 5) is 6.63. The standard InChI is InChI=1S/C12H17N3O.2ClH/c1-16-12-2-11(5-14-6-12)15-7-9-3-13-4-10(9)8-15;;/h2,5-6,9-10,13H,3-4,7-8H2,1H3;2*1H. The maximum absolute atomic E-state index is 5.21. The summed E-state index contributed by atoms with van der Waals surface area (Å²) in [5.41, 5.74) is 1.19. The van der Waals surface area contributed by atoms with E-state index in [2.05, 4.69) is 21.3 Å². The first kappa shape index (κ1) is 15.3. The minimum atomic E-state index is 0. The molecular formula is C12H19Cl2N3O. The highest BCUT2D eigenvalue weighted by molar-refractivity contribution is 5.85. The summed E-state index contributed by atoms with van der Waals surface area (Å²) in [5.74, 6) is 2.46. The largest absolute Gasteiger partial charge is 0.495 e. The van der Waals surface area contributed by atoms with Crippen LogP contribution in [0.25, 0.3) is 0 Å². The number of hydrogen-bond acceptors (Lipinski definition) is 4. The molecule has 1 N–H and O–H groups in total. The molecule has 2 atom stereocenters. The van der Waals surface area contributed by atoms with E-state index in [1.54, 1.807) is 13.3 Å². The van der Waals surface area contributed by atoms with E-state index in [0.717, 1.165) is 30.7 Å².